The second kappa shape index (κ2) is 5.81. The molecule has 0 aliphatic carbocycles. The molecule has 3 heteroatoms. The number of hydrogen-bond acceptors (Lipinski definition) is 2. The van der Waals surface area contributed by atoms with Crippen LogP contribution in [-0.2, 0) is 6.54 Å². The van der Waals surface area contributed by atoms with E-state index in [0.717, 1.165) is 6.54 Å². The topological polar surface area (TPSA) is 29.9 Å². The van der Waals surface area contributed by atoms with Gasteiger partial charge in [0.05, 0.1) is 6.54 Å². The van der Waals surface area contributed by atoms with E-state index in [1.54, 1.807) is 0 Å². The summed E-state index contributed by atoms with van der Waals surface area (Å²) in [5.74, 6) is 0. The van der Waals surface area contributed by atoms with Gasteiger partial charge in [-0.1, -0.05) is 13.8 Å². The summed E-state index contributed by atoms with van der Waals surface area (Å²) in [4.78, 5) is 0. The number of aromatic nitrogens is 2. The summed E-state index contributed by atoms with van der Waals surface area (Å²) in [5.41, 5.74) is 0. The summed E-state index contributed by atoms with van der Waals surface area (Å²) in [6.07, 6.45) is 6.22. The first-order valence-corrected chi connectivity index (χ1v) is 5.49. The summed E-state index contributed by atoms with van der Waals surface area (Å²) >= 11 is 0. The third kappa shape index (κ3) is 3.50. The van der Waals surface area contributed by atoms with Crippen molar-refractivity contribution in [3.63, 3.8) is 0 Å². The monoisotopic (exact) mass is 195 g/mol. The molecule has 0 saturated heterocycles. The van der Waals surface area contributed by atoms with E-state index in [-0.39, 0.29) is 0 Å². The first-order valence-electron chi connectivity index (χ1n) is 5.49. The molecule has 1 N–H and O–H groups in total. The molecule has 0 aromatic carbocycles. The number of hydrogen-bond donors (Lipinski definition) is 1. The average molecular weight is 195 g/mol. The third-order valence-electron chi connectivity index (χ3n) is 2.53. The van der Waals surface area contributed by atoms with E-state index >= 15 is 0 Å². The Hall–Kier alpha value is -0.830. The van der Waals surface area contributed by atoms with Gasteiger partial charge < -0.3 is 5.32 Å². The molecular formula is C11H21N3. The van der Waals surface area contributed by atoms with Crippen molar-refractivity contribution in [1.29, 1.82) is 0 Å². The second-order valence-electron chi connectivity index (χ2n) is 3.81. The third-order valence-corrected chi connectivity index (χ3v) is 2.53. The van der Waals surface area contributed by atoms with E-state index in [4.69, 9.17) is 0 Å². The zero-order valence-electron chi connectivity index (χ0n) is 9.40. The molecule has 0 saturated carbocycles. The molecule has 1 aromatic heterocycles. The predicted molar refractivity (Wildman–Crippen MR) is 59.2 cm³/mol. The van der Waals surface area contributed by atoms with Gasteiger partial charge in [-0.3, -0.25) is 4.68 Å². The number of rotatable bonds is 6. The molecule has 0 fully saturated rings. The fourth-order valence-corrected chi connectivity index (χ4v) is 1.67. The van der Waals surface area contributed by atoms with Gasteiger partial charge in [0, 0.05) is 24.5 Å². The lowest BCUT2D eigenvalue weighted by Gasteiger charge is -2.20. The molecule has 3 nitrogen and oxygen atoms in total. The minimum Gasteiger partial charge on any atom is -0.310 e. The summed E-state index contributed by atoms with van der Waals surface area (Å²) < 4.78 is 1.97. The van der Waals surface area contributed by atoms with Gasteiger partial charge in [0.15, 0.2) is 0 Å². The van der Waals surface area contributed by atoms with Gasteiger partial charge in [0.1, 0.15) is 0 Å². The maximum atomic E-state index is 4.19. The molecule has 0 aliphatic rings. The van der Waals surface area contributed by atoms with Gasteiger partial charge in [0.2, 0.25) is 0 Å². The van der Waals surface area contributed by atoms with Gasteiger partial charge in [-0.15, -0.1) is 0 Å². The normalized spacial score (nSPS) is 13.4. The average Bonchev–Trinajstić information content (AvgIpc) is 2.66. The van der Waals surface area contributed by atoms with Crippen LogP contribution in [-0.4, -0.2) is 21.9 Å². The standard InChI is InChI=1S/C11H21N3/c1-4-11(5-2)13-10(3)9-14-8-6-7-12-14/h6-8,10-11,13H,4-5,9H2,1-3H3. The predicted octanol–water partition coefficient (Wildman–Crippen LogP) is 2.05. The van der Waals surface area contributed by atoms with Gasteiger partial charge in [-0.25, -0.2) is 0 Å². The van der Waals surface area contributed by atoms with Crippen LogP contribution in [0.5, 0.6) is 0 Å². The van der Waals surface area contributed by atoms with Crippen molar-refractivity contribution < 1.29 is 0 Å². The Morgan fingerprint density at radius 1 is 1.36 bits per heavy atom. The second-order valence-corrected chi connectivity index (χ2v) is 3.81. The Morgan fingerprint density at radius 3 is 2.57 bits per heavy atom. The lowest BCUT2D eigenvalue weighted by atomic mass is 10.1. The zero-order valence-corrected chi connectivity index (χ0v) is 9.40. The summed E-state index contributed by atoms with van der Waals surface area (Å²) in [7, 11) is 0. The lowest BCUT2D eigenvalue weighted by Crippen LogP contribution is -2.38. The quantitative estimate of drug-likeness (QED) is 0.753. The van der Waals surface area contributed by atoms with Crippen LogP contribution in [0.15, 0.2) is 18.5 Å². The van der Waals surface area contributed by atoms with Crippen LogP contribution in [0.2, 0.25) is 0 Å². The molecule has 1 aromatic rings. The van der Waals surface area contributed by atoms with E-state index in [0.29, 0.717) is 12.1 Å². The Balaban J connectivity index is 2.31. The first-order chi connectivity index (χ1) is 6.76. The maximum Gasteiger partial charge on any atom is 0.0560 e. The lowest BCUT2D eigenvalue weighted by molar-refractivity contribution is 0.380. The van der Waals surface area contributed by atoms with E-state index in [1.807, 2.05) is 23.1 Å². The van der Waals surface area contributed by atoms with Crippen molar-refractivity contribution in [2.24, 2.45) is 0 Å². The zero-order chi connectivity index (χ0) is 10.4. The summed E-state index contributed by atoms with van der Waals surface area (Å²) in [6, 6.07) is 3.09. The molecule has 1 heterocycles. The fourth-order valence-electron chi connectivity index (χ4n) is 1.67. The van der Waals surface area contributed by atoms with Gasteiger partial charge in [-0.2, -0.15) is 5.10 Å². The van der Waals surface area contributed by atoms with Crippen LogP contribution in [0, 0.1) is 0 Å². The molecule has 0 radical (unpaired) electrons. The molecule has 1 unspecified atom stereocenters. The van der Waals surface area contributed by atoms with Crippen molar-refractivity contribution in [2.75, 3.05) is 0 Å². The van der Waals surface area contributed by atoms with E-state index in [2.05, 4.69) is 31.2 Å². The van der Waals surface area contributed by atoms with Crippen LogP contribution in [0.3, 0.4) is 0 Å². The highest BCUT2D eigenvalue weighted by Crippen LogP contribution is 1.99. The van der Waals surface area contributed by atoms with Crippen LogP contribution >= 0.6 is 0 Å². The highest BCUT2D eigenvalue weighted by Gasteiger charge is 2.08. The summed E-state index contributed by atoms with van der Waals surface area (Å²) in [5, 5.41) is 7.79. The Kier molecular flexibility index (Phi) is 4.66. The van der Waals surface area contributed by atoms with Gasteiger partial charge in [0.25, 0.3) is 0 Å². The summed E-state index contributed by atoms with van der Waals surface area (Å²) in [6.45, 7) is 7.60. The molecule has 14 heavy (non-hydrogen) atoms. The van der Waals surface area contributed by atoms with Crippen LogP contribution in [0.1, 0.15) is 33.6 Å². The van der Waals surface area contributed by atoms with Gasteiger partial charge in [-0.05, 0) is 25.8 Å². The minimum absolute atomic E-state index is 0.486. The molecule has 0 aliphatic heterocycles. The molecule has 0 spiro atoms. The largest absolute Gasteiger partial charge is 0.310 e. The van der Waals surface area contributed by atoms with E-state index in [1.165, 1.54) is 12.8 Å². The van der Waals surface area contributed by atoms with E-state index < -0.39 is 0 Å². The van der Waals surface area contributed by atoms with Gasteiger partial charge >= 0.3 is 0 Å². The van der Waals surface area contributed by atoms with E-state index in [9.17, 15) is 0 Å². The van der Waals surface area contributed by atoms with Crippen molar-refractivity contribution in [3.05, 3.63) is 18.5 Å². The molecule has 0 amide bonds. The SMILES string of the molecule is CCC(CC)NC(C)Cn1cccn1. The number of nitrogens with one attached hydrogen (secondary N) is 1. The number of nitrogens with zero attached hydrogens (tertiary/aromatic N) is 2. The smallest absolute Gasteiger partial charge is 0.0560 e. The highest BCUT2D eigenvalue weighted by atomic mass is 15.3. The Bertz CT molecular complexity index is 227. The maximum absolute atomic E-state index is 4.19. The first kappa shape index (κ1) is 11.2. The van der Waals surface area contributed by atoms with Crippen molar-refractivity contribution >= 4 is 0 Å². The fraction of sp³-hybridized carbons (Fsp3) is 0.727. The highest BCUT2D eigenvalue weighted by molar-refractivity contribution is 4.79. The molecule has 80 valence electrons. The van der Waals surface area contributed by atoms with Crippen LogP contribution < -0.4 is 5.32 Å². The van der Waals surface area contributed by atoms with Crippen molar-refractivity contribution in [3.8, 4) is 0 Å². The van der Waals surface area contributed by atoms with Crippen LogP contribution in [0.4, 0.5) is 0 Å². The Labute approximate surface area is 86.5 Å². The minimum atomic E-state index is 0.486. The Morgan fingerprint density at radius 2 is 2.07 bits per heavy atom. The molecule has 1 atom stereocenters. The van der Waals surface area contributed by atoms with Crippen molar-refractivity contribution in [2.45, 2.75) is 52.2 Å². The molecule has 1 rings (SSSR count). The molecular weight excluding hydrogens is 174 g/mol. The molecule has 0 bridgehead atoms. The van der Waals surface area contributed by atoms with Crippen molar-refractivity contribution in [1.82, 2.24) is 15.1 Å². The van der Waals surface area contributed by atoms with Crippen LogP contribution in [0.25, 0.3) is 0 Å².